The van der Waals surface area contributed by atoms with Crippen LogP contribution in [0.1, 0.15) is 10.5 Å². The smallest absolute Gasteiger partial charge is 0.272 e. The van der Waals surface area contributed by atoms with Crippen LogP contribution in [0, 0.1) is 0 Å². The normalized spacial score (nSPS) is 10.5. The van der Waals surface area contributed by atoms with Crippen LogP contribution in [0.5, 0.6) is 23.0 Å². The van der Waals surface area contributed by atoms with Crippen LogP contribution in [-0.4, -0.2) is 39.3 Å². The van der Waals surface area contributed by atoms with Crippen molar-refractivity contribution in [3.63, 3.8) is 0 Å². The highest BCUT2D eigenvalue weighted by atomic mass is 16.5. The van der Waals surface area contributed by atoms with Crippen molar-refractivity contribution in [2.75, 3.05) is 33.8 Å². The number of ether oxygens (including phenoxy) is 4. The minimum atomic E-state index is -0.272. The summed E-state index contributed by atoms with van der Waals surface area (Å²) < 4.78 is 21.3. The molecule has 0 fully saturated rings. The highest BCUT2D eigenvalue weighted by Crippen LogP contribution is 2.43. The predicted octanol–water partition coefficient (Wildman–Crippen LogP) is 3.45. The van der Waals surface area contributed by atoms with Crippen molar-refractivity contribution >= 4 is 22.5 Å². The Morgan fingerprint density at radius 2 is 1.58 bits per heavy atom. The molecule has 0 saturated heterocycles. The molecule has 136 valence electrons. The van der Waals surface area contributed by atoms with Gasteiger partial charge in [0.2, 0.25) is 5.75 Å². The number of carbonyl (C=O) groups is 1. The van der Waals surface area contributed by atoms with Gasteiger partial charge in [0.05, 0.1) is 34.0 Å². The number of aromatic nitrogens is 1. The average molecular weight is 356 g/mol. The molecular formula is C19H20N2O5. The standard InChI is InChI=1S/C19H20N2O5/c1-23-13-7-5-12(6-8-13)20-19(22)14-9-11-10-15(24-2)17(25-3)18(26-4)16(11)21-14/h5-10,21H,1-4H3,(H,20,22). The molecule has 3 rings (SSSR count). The first-order valence-electron chi connectivity index (χ1n) is 7.88. The fraction of sp³-hybridized carbons (Fsp3) is 0.211. The molecule has 3 aromatic rings. The molecule has 2 N–H and O–H groups in total. The van der Waals surface area contributed by atoms with E-state index in [1.165, 1.54) is 14.2 Å². The lowest BCUT2D eigenvalue weighted by atomic mass is 10.2. The highest BCUT2D eigenvalue weighted by molar-refractivity contribution is 6.07. The zero-order valence-electron chi connectivity index (χ0n) is 15.0. The van der Waals surface area contributed by atoms with Crippen molar-refractivity contribution < 1.29 is 23.7 Å². The summed E-state index contributed by atoms with van der Waals surface area (Å²) in [5.74, 6) is 1.92. The van der Waals surface area contributed by atoms with Gasteiger partial charge < -0.3 is 29.2 Å². The molecule has 7 heteroatoms. The Morgan fingerprint density at radius 1 is 0.885 bits per heavy atom. The van der Waals surface area contributed by atoms with Crippen LogP contribution in [-0.2, 0) is 0 Å². The van der Waals surface area contributed by atoms with Crippen molar-refractivity contribution in [2.24, 2.45) is 0 Å². The number of rotatable bonds is 6. The van der Waals surface area contributed by atoms with Crippen molar-refractivity contribution in [2.45, 2.75) is 0 Å². The fourth-order valence-corrected chi connectivity index (χ4v) is 2.74. The minimum Gasteiger partial charge on any atom is -0.497 e. The number of hydrogen-bond acceptors (Lipinski definition) is 5. The summed E-state index contributed by atoms with van der Waals surface area (Å²) in [5.41, 5.74) is 1.71. The lowest BCUT2D eigenvalue weighted by molar-refractivity contribution is 0.102. The van der Waals surface area contributed by atoms with Crippen LogP contribution in [0.15, 0.2) is 36.4 Å². The van der Waals surface area contributed by atoms with Gasteiger partial charge in [0.25, 0.3) is 5.91 Å². The zero-order valence-corrected chi connectivity index (χ0v) is 15.0. The summed E-state index contributed by atoms with van der Waals surface area (Å²) in [6, 6.07) is 10.6. The van der Waals surface area contributed by atoms with Gasteiger partial charge >= 0.3 is 0 Å². The molecule has 26 heavy (non-hydrogen) atoms. The van der Waals surface area contributed by atoms with Crippen molar-refractivity contribution in [1.82, 2.24) is 4.98 Å². The van der Waals surface area contributed by atoms with E-state index in [0.717, 1.165) is 11.1 Å². The zero-order chi connectivity index (χ0) is 18.7. The average Bonchev–Trinajstić information content (AvgIpc) is 3.10. The van der Waals surface area contributed by atoms with Crippen LogP contribution >= 0.6 is 0 Å². The number of methoxy groups -OCH3 is 4. The third-order valence-electron chi connectivity index (χ3n) is 4.01. The molecule has 0 saturated carbocycles. The van der Waals surface area contributed by atoms with Crippen molar-refractivity contribution in [3.05, 3.63) is 42.1 Å². The summed E-state index contributed by atoms with van der Waals surface area (Å²) in [6.07, 6.45) is 0. The second-order valence-electron chi connectivity index (χ2n) is 5.48. The van der Waals surface area contributed by atoms with Crippen molar-refractivity contribution in [1.29, 1.82) is 0 Å². The molecule has 0 aliphatic heterocycles. The van der Waals surface area contributed by atoms with Gasteiger partial charge in [-0.15, -0.1) is 0 Å². The van der Waals surface area contributed by atoms with E-state index in [9.17, 15) is 4.79 Å². The van der Waals surface area contributed by atoms with Gasteiger partial charge in [-0.05, 0) is 36.4 Å². The molecular weight excluding hydrogens is 336 g/mol. The second-order valence-corrected chi connectivity index (χ2v) is 5.48. The number of benzene rings is 2. The number of nitrogens with one attached hydrogen (secondary N) is 2. The van der Waals surface area contributed by atoms with E-state index in [0.29, 0.717) is 34.1 Å². The Kier molecular flexibility index (Phi) is 4.88. The SMILES string of the molecule is COc1ccc(NC(=O)c2cc3cc(OC)c(OC)c(OC)c3[nH]2)cc1. The molecule has 0 radical (unpaired) electrons. The van der Waals surface area contributed by atoms with Gasteiger partial charge in [-0.1, -0.05) is 0 Å². The number of hydrogen-bond donors (Lipinski definition) is 2. The molecule has 2 aromatic carbocycles. The van der Waals surface area contributed by atoms with E-state index < -0.39 is 0 Å². The number of aromatic amines is 1. The monoisotopic (exact) mass is 356 g/mol. The van der Waals surface area contributed by atoms with Gasteiger partial charge in [0, 0.05) is 11.1 Å². The van der Waals surface area contributed by atoms with Crippen LogP contribution < -0.4 is 24.3 Å². The predicted molar refractivity (Wildman–Crippen MR) is 98.9 cm³/mol. The molecule has 0 aliphatic rings. The molecule has 1 heterocycles. The Hall–Kier alpha value is -3.35. The lowest BCUT2D eigenvalue weighted by Gasteiger charge is -2.12. The number of amides is 1. The van der Waals surface area contributed by atoms with E-state index in [1.807, 2.05) is 0 Å². The summed E-state index contributed by atoms with van der Waals surface area (Å²) in [6.45, 7) is 0. The Morgan fingerprint density at radius 3 is 2.15 bits per heavy atom. The first-order chi connectivity index (χ1) is 12.6. The molecule has 1 amide bonds. The van der Waals surface area contributed by atoms with E-state index in [2.05, 4.69) is 10.3 Å². The van der Waals surface area contributed by atoms with E-state index >= 15 is 0 Å². The molecule has 0 unspecified atom stereocenters. The summed E-state index contributed by atoms with van der Waals surface area (Å²) >= 11 is 0. The van der Waals surface area contributed by atoms with Crippen LogP contribution in [0.3, 0.4) is 0 Å². The molecule has 0 atom stereocenters. The third-order valence-corrected chi connectivity index (χ3v) is 4.01. The van der Waals surface area contributed by atoms with E-state index in [1.54, 1.807) is 50.6 Å². The van der Waals surface area contributed by atoms with Crippen LogP contribution in [0.2, 0.25) is 0 Å². The number of carbonyl (C=O) groups excluding carboxylic acids is 1. The Balaban J connectivity index is 1.95. The van der Waals surface area contributed by atoms with E-state index in [4.69, 9.17) is 18.9 Å². The fourth-order valence-electron chi connectivity index (χ4n) is 2.74. The summed E-state index contributed by atoms with van der Waals surface area (Å²) in [5, 5.41) is 3.61. The highest BCUT2D eigenvalue weighted by Gasteiger charge is 2.19. The van der Waals surface area contributed by atoms with Crippen LogP contribution in [0.4, 0.5) is 5.69 Å². The van der Waals surface area contributed by atoms with Gasteiger partial charge in [-0.3, -0.25) is 4.79 Å². The summed E-state index contributed by atoms with van der Waals surface area (Å²) in [7, 11) is 6.21. The number of anilines is 1. The van der Waals surface area contributed by atoms with Gasteiger partial charge in [-0.2, -0.15) is 0 Å². The largest absolute Gasteiger partial charge is 0.497 e. The molecule has 0 aliphatic carbocycles. The minimum absolute atomic E-state index is 0.272. The number of H-pyrrole nitrogens is 1. The van der Waals surface area contributed by atoms with E-state index in [-0.39, 0.29) is 5.91 Å². The quantitative estimate of drug-likeness (QED) is 0.707. The number of fused-ring (bicyclic) bond motifs is 1. The second kappa shape index (κ2) is 7.26. The van der Waals surface area contributed by atoms with Crippen LogP contribution in [0.25, 0.3) is 10.9 Å². The molecule has 0 spiro atoms. The maximum absolute atomic E-state index is 12.6. The Labute approximate surface area is 150 Å². The van der Waals surface area contributed by atoms with Crippen molar-refractivity contribution in [3.8, 4) is 23.0 Å². The van der Waals surface area contributed by atoms with Gasteiger partial charge in [0.1, 0.15) is 11.4 Å². The topological polar surface area (TPSA) is 81.8 Å². The molecule has 1 aromatic heterocycles. The molecule has 7 nitrogen and oxygen atoms in total. The first-order valence-corrected chi connectivity index (χ1v) is 7.88. The molecule has 0 bridgehead atoms. The maximum atomic E-state index is 12.6. The van der Waals surface area contributed by atoms with Gasteiger partial charge in [0.15, 0.2) is 11.5 Å². The Bertz CT molecular complexity index is 931. The lowest BCUT2D eigenvalue weighted by Crippen LogP contribution is -2.12. The first kappa shape index (κ1) is 17.5. The maximum Gasteiger partial charge on any atom is 0.272 e. The van der Waals surface area contributed by atoms with Gasteiger partial charge in [-0.25, -0.2) is 0 Å². The summed E-state index contributed by atoms with van der Waals surface area (Å²) in [4.78, 5) is 15.7. The third kappa shape index (κ3) is 3.11.